The van der Waals surface area contributed by atoms with Crippen LogP contribution in [0.2, 0.25) is 0 Å². The molecule has 9 heteroatoms. The molecule has 0 aromatic heterocycles. The number of piperidine rings is 1. The number of hydrogen-bond acceptors (Lipinski definition) is 4. The molecule has 3 rings (SSSR count). The molecule has 1 aromatic rings. The highest BCUT2D eigenvalue weighted by Gasteiger charge is 2.43. The van der Waals surface area contributed by atoms with Crippen LogP contribution in [0, 0.1) is 23.5 Å². The largest absolute Gasteiger partial charge is 0.385 e. The molecule has 0 radical (unpaired) electrons. The van der Waals surface area contributed by atoms with Crippen LogP contribution in [0.25, 0.3) is 0 Å². The van der Waals surface area contributed by atoms with Crippen molar-refractivity contribution in [1.29, 1.82) is 0 Å². The van der Waals surface area contributed by atoms with E-state index in [1.807, 2.05) is 7.05 Å². The summed E-state index contributed by atoms with van der Waals surface area (Å²) in [6, 6.07) is 3.60. The summed E-state index contributed by atoms with van der Waals surface area (Å²) in [4.78, 5) is 15.0. The van der Waals surface area contributed by atoms with Gasteiger partial charge in [-0.2, -0.15) is 0 Å². The quantitative estimate of drug-likeness (QED) is 0.338. The van der Waals surface area contributed by atoms with Crippen molar-refractivity contribution in [3.05, 3.63) is 35.4 Å². The highest BCUT2D eigenvalue weighted by Crippen LogP contribution is 2.41. The summed E-state index contributed by atoms with van der Waals surface area (Å²) in [6.45, 7) is 1.91. The van der Waals surface area contributed by atoms with Gasteiger partial charge in [-0.25, -0.2) is 18.0 Å². The van der Waals surface area contributed by atoms with E-state index in [1.165, 1.54) is 12.1 Å². The number of amides is 2. The van der Waals surface area contributed by atoms with E-state index in [1.54, 1.807) is 12.0 Å². The Morgan fingerprint density at radius 1 is 1.22 bits per heavy atom. The van der Waals surface area contributed by atoms with Crippen LogP contribution < -0.4 is 10.6 Å². The van der Waals surface area contributed by atoms with Gasteiger partial charge in [-0.1, -0.05) is 12.1 Å². The minimum atomic E-state index is -1.60. The maximum atomic E-state index is 14.9. The molecule has 3 N–H and O–H groups in total. The first-order chi connectivity index (χ1) is 17.8. The summed E-state index contributed by atoms with van der Waals surface area (Å²) >= 11 is 0. The van der Waals surface area contributed by atoms with Crippen LogP contribution >= 0.6 is 0 Å². The zero-order valence-corrected chi connectivity index (χ0v) is 22.3. The molecule has 0 bridgehead atoms. The van der Waals surface area contributed by atoms with Gasteiger partial charge in [-0.3, -0.25) is 0 Å². The Bertz CT molecular complexity index is 853. The fraction of sp³-hybridized carbons (Fsp3) is 0.750. The van der Waals surface area contributed by atoms with E-state index in [0.29, 0.717) is 64.1 Å². The smallest absolute Gasteiger partial charge is 0.317 e. The molecule has 1 aliphatic carbocycles. The number of alkyl halides is 1. The van der Waals surface area contributed by atoms with Crippen LogP contribution in [0.4, 0.5) is 18.0 Å². The van der Waals surface area contributed by atoms with Gasteiger partial charge in [0.25, 0.3) is 0 Å². The van der Waals surface area contributed by atoms with Gasteiger partial charge in [0.05, 0.1) is 5.60 Å². The standard InChI is InChI=1S/C28H44F3N3O3/c1-32-18-23(17-20-10-12-22(29)13-11-20)33-27(35)34-15-6-7-21(19-34)28(36,14-3-4-16-37-2)24-8-5-9-25(30)26(24)31/h5,8-9,20-23,32,36H,3-4,6-7,10-19H2,1-2H3,(H,33,35)/t20-,21-,22-,23+,28-/m1/s1. The van der Waals surface area contributed by atoms with E-state index < -0.39 is 29.3 Å². The molecule has 1 saturated carbocycles. The van der Waals surface area contributed by atoms with Crippen LogP contribution in [0.15, 0.2) is 18.2 Å². The van der Waals surface area contributed by atoms with Crippen molar-refractivity contribution in [3.8, 4) is 0 Å². The predicted molar refractivity (Wildman–Crippen MR) is 138 cm³/mol. The van der Waals surface area contributed by atoms with Crippen molar-refractivity contribution in [1.82, 2.24) is 15.5 Å². The molecule has 37 heavy (non-hydrogen) atoms. The molecule has 1 heterocycles. The van der Waals surface area contributed by atoms with E-state index in [-0.39, 0.29) is 30.6 Å². The monoisotopic (exact) mass is 527 g/mol. The highest BCUT2D eigenvalue weighted by molar-refractivity contribution is 5.74. The number of aliphatic hydroxyl groups is 1. The summed E-state index contributed by atoms with van der Waals surface area (Å²) in [5, 5.41) is 18.1. The van der Waals surface area contributed by atoms with E-state index in [9.17, 15) is 23.1 Å². The second kappa shape index (κ2) is 14.4. The van der Waals surface area contributed by atoms with Crippen LogP contribution in [0.3, 0.4) is 0 Å². The molecular formula is C28H44F3N3O3. The van der Waals surface area contributed by atoms with E-state index in [4.69, 9.17) is 4.74 Å². The minimum Gasteiger partial charge on any atom is -0.385 e. The maximum absolute atomic E-state index is 14.9. The van der Waals surface area contributed by atoms with Crippen LogP contribution in [-0.2, 0) is 10.3 Å². The molecule has 0 spiro atoms. The molecule has 3 atom stereocenters. The molecule has 2 amide bonds. The van der Waals surface area contributed by atoms with Crippen molar-refractivity contribution in [2.24, 2.45) is 11.8 Å². The molecule has 210 valence electrons. The van der Waals surface area contributed by atoms with Gasteiger partial charge in [0.2, 0.25) is 0 Å². The van der Waals surface area contributed by atoms with E-state index in [0.717, 1.165) is 25.3 Å². The third-order valence-electron chi connectivity index (χ3n) is 8.13. The number of nitrogens with zero attached hydrogens (tertiary/aromatic N) is 1. The fourth-order valence-electron chi connectivity index (χ4n) is 6.05. The molecule has 0 unspecified atom stereocenters. The third-order valence-corrected chi connectivity index (χ3v) is 8.13. The lowest BCUT2D eigenvalue weighted by Crippen LogP contribution is -2.54. The zero-order valence-electron chi connectivity index (χ0n) is 22.3. The number of likely N-dealkylation sites (tertiary alicyclic amines) is 1. The molecule has 2 fully saturated rings. The van der Waals surface area contributed by atoms with Gasteiger partial charge in [-0.15, -0.1) is 0 Å². The first kappa shape index (κ1) is 29.7. The number of likely N-dealkylation sites (N-methyl/N-ethyl adjacent to an activating group) is 1. The van der Waals surface area contributed by atoms with Gasteiger partial charge in [0.15, 0.2) is 11.6 Å². The number of ether oxygens (including phenoxy) is 1. The zero-order chi connectivity index (χ0) is 26.8. The number of benzene rings is 1. The first-order valence-electron chi connectivity index (χ1n) is 13.8. The maximum Gasteiger partial charge on any atom is 0.317 e. The van der Waals surface area contributed by atoms with Crippen LogP contribution in [0.5, 0.6) is 0 Å². The molecule has 1 aromatic carbocycles. The van der Waals surface area contributed by atoms with Gasteiger partial charge in [0.1, 0.15) is 6.17 Å². The molecule has 6 nitrogen and oxygen atoms in total. The average Bonchev–Trinajstić information content (AvgIpc) is 2.89. The third kappa shape index (κ3) is 8.07. The summed E-state index contributed by atoms with van der Waals surface area (Å²) in [5.74, 6) is -2.08. The number of rotatable bonds is 12. The highest BCUT2D eigenvalue weighted by atomic mass is 19.2. The number of carbonyl (C=O) groups is 1. The van der Waals surface area contributed by atoms with Gasteiger partial charge in [-0.05, 0) is 83.2 Å². The molecule has 1 aliphatic heterocycles. The lowest BCUT2D eigenvalue weighted by atomic mass is 9.74. The summed E-state index contributed by atoms with van der Waals surface area (Å²) in [7, 11) is 3.44. The summed E-state index contributed by atoms with van der Waals surface area (Å²) in [5.41, 5.74) is -1.65. The second-order valence-corrected chi connectivity index (χ2v) is 10.8. The van der Waals surface area contributed by atoms with Crippen molar-refractivity contribution in [2.75, 3.05) is 40.4 Å². The average molecular weight is 528 g/mol. The number of methoxy groups -OCH3 is 1. The number of unbranched alkanes of at least 4 members (excludes halogenated alkanes) is 1. The Balaban J connectivity index is 1.70. The van der Waals surface area contributed by atoms with Crippen molar-refractivity contribution in [3.63, 3.8) is 0 Å². The SMILES string of the molecule is CNC[C@H](C[C@H]1CC[C@H](F)CC1)NC(=O)N1CCC[C@@H]([C@](O)(CCCCOC)c2cccc(F)c2F)C1. The first-order valence-corrected chi connectivity index (χ1v) is 13.8. The molecule has 2 aliphatic rings. The van der Waals surface area contributed by atoms with Crippen LogP contribution in [-0.4, -0.2) is 68.6 Å². The number of halogens is 3. The van der Waals surface area contributed by atoms with E-state index in [2.05, 4.69) is 10.6 Å². The number of nitrogens with one attached hydrogen (secondary N) is 2. The minimum absolute atomic E-state index is 0.0475. The van der Waals surface area contributed by atoms with Gasteiger partial charge >= 0.3 is 6.03 Å². The predicted octanol–water partition coefficient (Wildman–Crippen LogP) is 4.90. The Morgan fingerprint density at radius 3 is 2.68 bits per heavy atom. The van der Waals surface area contributed by atoms with Gasteiger partial charge in [0, 0.05) is 50.9 Å². The number of carbonyl (C=O) groups excluding carboxylic acids is 1. The number of urea groups is 1. The van der Waals surface area contributed by atoms with E-state index >= 15 is 0 Å². The Labute approximate surface area is 219 Å². The fourth-order valence-corrected chi connectivity index (χ4v) is 6.05. The van der Waals surface area contributed by atoms with Crippen molar-refractivity contribution in [2.45, 2.75) is 82.0 Å². The Hall–Kier alpha value is -1.84. The summed E-state index contributed by atoms with van der Waals surface area (Å²) in [6.07, 6.45) is 5.67. The Kier molecular flexibility index (Phi) is 11.5. The topological polar surface area (TPSA) is 73.8 Å². The van der Waals surface area contributed by atoms with Crippen molar-refractivity contribution >= 4 is 6.03 Å². The molecule has 1 saturated heterocycles. The lowest BCUT2D eigenvalue weighted by Gasteiger charge is -2.43. The Morgan fingerprint density at radius 2 is 1.97 bits per heavy atom. The normalized spacial score (nSPS) is 24.9. The van der Waals surface area contributed by atoms with Crippen molar-refractivity contribution < 1.29 is 27.8 Å². The summed E-state index contributed by atoms with van der Waals surface area (Å²) < 4.78 is 47.7. The molecular weight excluding hydrogens is 483 g/mol. The van der Waals surface area contributed by atoms with Gasteiger partial charge < -0.3 is 25.4 Å². The number of hydrogen-bond donors (Lipinski definition) is 3. The van der Waals surface area contributed by atoms with Crippen LogP contribution in [0.1, 0.15) is 69.8 Å². The lowest BCUT2D eigenvalue weighted by molar-refractivity contribution is -0.0591. The second-order valence-electron chi connectivity index (χ2n) is 10.8.